The van der Waals surface area contributed by atoms with Crippen LogP contribution in [0.2, 0.25) is 0 Å². The molecule has 0 aliphatic heterocycles. The maximum absolute atomic E-state index is 13.2. The lowest BCUT2D eigenvalue weighted by molar-refractivity contribution is 0.487. The smallest absolute Gasteiger partial charge is 0.189 e. The molecule has 2 nitrogen and oxygen atoms in total. The molecular weight excluding hydrogens is 311 g/mol. The first kappa shape index (κ1) is 15.9. The molecule has 1 atom stereocenters. The molecule has 23 heavy (non-hydrogen) atoms. The van der Waals surface area contributed by atoms with Crippen molar-refractivity contribution >= 4 is 15.9 Å². The number of halogens is 1. The van der Waals surface area contributed by atoms with Crippen LogP contribution in [0, 0.1) is 11.2 Å². The van der Waals surface area contributed by atoms with E-state index in [0.29, 0.717) is 0 Å². The number of benzene rings is 2. The van der Waals surface area contributed by atoms with E-state index in [1.165, 1.54) is 24.3 Å². The average molecular weight is 330 g/mol. The van der Waals surface area contributed by atoms with Crippen molar-refractivity contribution in [3.8, 4) is 0 Å². The molecule has 0 radical (unpaired) electrons. The molecule has 2 aromatic carbocycles. The molecular formula is C19H19FO2S. The topological polar surface area (TPSA) is 34.1 Å². The minimum Gasteiger partial charge on any atom is -0.223 e. The maximum atomic E-state index is 13.2. The molecule has 0 saturated carbocycles. The highest BCUT2D eigenvalue weighted by atomic mass is 32.2. The summed E-state index contributed by atoms with van der Waals surface area (Å²) < 4.78 is 39.6. The molecule has 1 unspecified atom stereocenters. The third kappa shape index (κ3) is 2.72. The van der Waals surface area contributed by atoms with Gasteiger partial charge < -0.3 is 0 Å². The molecule has 0 saturated heterocycles. The standard InChI is InChI=1S/C19H19FO2S/c1-19(2,3)17-12-13-6-4-5-7-16(13)18(17)23(21,22)15-10-8-14(20)9-11-15/h4-12,18H,1-3H3. The van der Waals surface area contributed by atoms with E-state index in [-0.39, 0.29) is 10.3 Å². The predicted octanol–water partition coefficient (Wildman–Crippen LogP) is 4.78. The predicted molar refractivity (Wildman–Crippen MR) is 90.2 cm³/mol. The van der Waals surface area contributed by atoms with Crippen molar-refractivity contribution in [1.82, 2.24) is 0 Å². The van der Waals surface area contributed by atoms with E-state index >= 15 is 0 Å². The van der Waals surface area contributed by atoms with Crippen molar-refractivity contribution in [2.75, 3.05) is 0 Å². The first-order valence-electron chi connectivity index (χ1n) is 7.52. The van der Waals surface area contributed by atoms with E-state index in [1.54, 1.807) is 0 Å². The molecule has 1 aliphatic carbocycles. The molecule has 0 aromatic heterocycles. The summed E-state index contributed by atoms with van der Waals surface area (Å²) in [5, 5.41) is -0.718. The van der Waals surface area contributed by atoms with Crippen LogP contribution in [0.4, 0.5) is 4.39 Å². The fraction of sp³-hybridized carbons (Fsp3) is 0.263. The van der Waals surface area contributed by atoms with Gasteiger partial charge in [-0.3, -0.25) is 0 Å². The minimum atomic E-state index is -3.64. The van der Waals surface area contributed by atoms with Gasteiger partial charge in [0.25, 0.3) is 0 Å². The molecule has 4 heteroatoms. The first-order chi connectivity index (χ1) is 10.7. The largest absolute Gasteiger partial charge is 0.223 e. The van der Waals surface area contributed by atoms with Crippen LogP contribution < -0.4 is 0 Å². The average Bonchev–Trinajstić information content (AvgIpc) is 2.88. The third-order valence-corrected chi connectivity index (χ3v) is 6.25. The Balaban J connectivity index is 2.19. The Hall–Kier alpha value is -1.94. The van der Waals surface area contributed by atoms with Crippen LogP contribution in [0.25, 0.3) is 6.08 Å². The lowest BCUT2D eigenvalue weighted by Gasteiger charge is -2.27. The van der Waals surface area contributed by atoms with Crippen molar-refractivity contribution in [2.45, 2.75) is 30.9 Å². The second-order valence-electron chi connectivity index (χ2n) is 6.86. The van der Waals surface area contributed by atoms with Crippen LogP contribution >= 0.6 is 0 Å². The van der Waals surface area contributed by atoms with Gasteiger partial charge in [0.1, 0.15) is 11.1 Å². The summed E-state index contributed by atoms with van der Waals surface area (Å²) in [6, 6.07) is 12.6. The molecule has 0 N–H and O–H groups in total. The van der Waals surface area contributed by atoms with Gasteiger partial charge in [-0.05, 0) is 46.4 Å². The van der Waals surface area contributed by atoms with Crippen molar-refractivity contribution in [3.63, 3.8) is 0 Å². The highest BCUT2D eigenvalue weighted by Gasteiger charge is 2.41. The zero-order valence-corrected chi connectivity index (χ0v) is 14.2. The Morgan fingerprint density at radius 1 is 0.957 bits per heavy atom. The summed E-state index contributed by atoms with van der Waals surface area (Å²) in [6.07, 6.45) is 1.97. The van der Waals surface area contributed by atoms with Gasteiger partial charge in [0.05, 0.1) is 4.90 Å². The molecule has 0 bridgehead atoms. The Morgan fingerprint density at radius 3 is 2.17 bits per heavy atom. The monoisotopic (exact) mass is 330 g/mol. The Morgan fingerprint density at radius 2 is 1.57 bits per heavy atom. The number of rotatable bonds is 2. The minimum absolute atomic E-state index is 0.149. The van der Waals surface area contributed by atoms with E-state index < -0.39 is 20.9 Å². The fourth-order valence-corrected chi connectivity index (χ4v) is 5.09. The molecule has 120 valence electrons. The molecule has 0 amide bonds. The molecule has 0 fully saturated rings. The quantitative estimate of drug-likeness (QED) is 0.742. The van der Waals surface area contributed by atoms with Gasteiger partial charge >= 0.3 is 0 Å². The number of fused-ring (bicyclic) bond motifs is 1. The zero-order chi connectivity index (χ0) is 16.8. The third-order valence-electron chi connectivity index (χ3n) is 4.19. The van der Waals surface area contributed by atoms with E-state index in [0.717, 1.165) is 16.7 Å². The molecule has 0 heterocycles. The summed E-state index contributed by atoms with van der Waals surface area (Å²) in [5.41, 5.74) is 2.31. The van der Waals surface area contributed by atoms with Gasteiger partial charge in [-0.25, -0.2) is 12.8 Å². The van der Waals surface area contributed by atoms with Gasteiger partial charge in [-0.15, -0.1) is 0 Å². The SMILES string of the molecule is CC(C)(C)C1=Cc2ccccc2C1S(=O)(=O)c1ccc(F)cc1. The molecule has 3 rings (SSSR count). The van der Waals surface area contributed by atoms with Gasteiger partial charge in [0.15, 0.2) is 9.84 Å². The van der Waals surface area contributed by atoms with Crippen LogP contribution in [-0.2, 0) is 9.84 Å². The van der Waals surface area contributed by atoms with Crippen LogP contribution in [0.1, 0.15) is 37.1 Å². The summed E-state index contributed by atoms with van der Waals surface area (Å²) in [4.78, 5) is 0.149. The van der Waals surface area contributed by atoms with Crippen molar-refractivity contribution in [3.05, 3.63) is 71.0 Å². The number of sulfone groups is 1. The first-order valence-corrected chi connectivity index (χ1v) is 9.06. The van der Waals surface area contributed by atoms with Crippen molar-refractivity contribution in [2.24, 2.45) is 5.41 Å². The van der Waals surface area contributed by atoms with Crippen LogP contribution in [-0.4, -0.2) is 8.42 Å². The number of hydrogen-bond donors (Lipinski definition) is 0. The maximum Gasteiger partial charge on any atom is 0.189 e. The van der Waals surface area contributed by atoms with Gasteiger partial charge in [0.2, 0.25) is 0 Å². The van der Waals surface area contributed by atoms with E-state index in [2.05, 4.69) is 0 Å². The van der Waals surface area contributed by atoms with Crippen molar-refractivity contribution in [1.29, 1.82) is 0 Å². The second-order valence-corrected chi connectivity index (χ2v) is 8.89. The van der Waals surface area contributed by atoms with Crippen LogP contribution in [0.15, 0.2) is 59.0 Å². The Kier molecular flexibility index (Phi) is 3.68. The fourth-order valence-electron chi connectivity index (χ4n) is 3.00. The molecule has 1 aliphatic rings. The van der Waals surface area contributed by atoms with E-state index in [9.17, 15) is 12.8 Å². The lowest BCUT2D eigenvalue weighted by atomic mass is 9.85. The summed E-state index contributed by atoms with van der Waals surface area (Å²) >= 11 is 0. The normalized spacial score (nSPS) is 17.7. The highest BCUT2D eigenvalue weighted by Crippen LogP contribution is 2.49. The Labute approximate surface area is 136 Å². The van der Waals surface area contributed by atoms with Gasteiger partial charge in [-0.2, -0.15) is 0 Å². The van der Waals surface area contributed by atoms with E-state index in [4.69, 9.17) is 0 Å². The van der Waals surface area contributed by atoms with Gasteiger partial charge in [0, 0.05) is 0 Å². The van der Waals surface area contributed by atoms with E-state index in [1.807, 2.05) is 51.1 Å². The second kappa shape index (κ2) is 5.31. The highest BCUT2D eigenvalue weighted by molar-refractivity contribution is 7.92. The summed E-state index contributed by atoms with van der Waals surface area (Å²) in [6.45, 7) is 6.04. The van der Waals surface area contributed by atoms with Gasteiger partial charge in [-0.1, -0.05) is 51.1 Å². The summed E-state index contributed by atoms with van der Waals surface area (Å²) in [5.74, 6) is -0.442. The molecule has 0 spiro atoms. The zero-order valence-electron chi connectivity index (χ0n) is 13.4. The van der Waals surface area contributed by atoms with Crippen molar-refractivity contribution < 1.29 is 12.8 Å². The van der Waals surface area contributed by atoms with Crippen LogP contribution in [0.5, 0.6) is 0 Å². The van der Waals surface area contributed by atoms with Crippen LogP contribution in [0.3, 0.4) is 0 Å². The lowest BCUT2D eigenvalue weighted by Crippen LogP contribution is -2.21. The molecule has 2 aromatic rings. The summed E-state index contributed by atoms with van der Waals surface area (Å²) in [7, 11) is -3.64. The number of hydrogen-bond acceptors (Lipinski definition) is 2. The Bertz CT molecular complexity index is 872.